The maximum Gasteiger partial charge on any atom is 0.326 e. The Hall–Kier alpha value is -2.73. The number of hydrogen-bond acceptors (Lipinski definition) is 7. The summed E-state index contributed by atoms with van der Waals surface area (Å²) in [6.07, 6.45) is 13.0. The Morgan fingerprint density at radius 3 is 1.68 bits per heavy atom. The number of carboxylic acids is 2. The van der Waals surface area contributed by atoms with E-state index < -0.39 is 18.0 Å². The number of likely N-dealkylation sites (N-methyl/N-ethyl adjacent to an activating group) is 1. The summed E-state index contributed by atoms with van der Waals surface area (Å²) in [5, 5.41) is 25.6. The van der Waals surface area contributed by atoms with Gasteiger partial charge < -0.3 is 35.6 Å². The number of amides is 3. The second-order valence-corrected chi connectivity index (χ2v) is 9.82. The molecule has 0 aromatic heterocycles. The maximum atomic E-state index is 12.2. The molecule has 0 aliphatic carbocycles. The van der Waals surface area contributed by atoms with E-state index in [2.05, 4.69) is 16.0 Å². The number of unbranched alkanes of at least 4 members (excludes halogenated alkanes) is 11. The van der Waals surface area contributed by atoms with E-state index in [-0.39, 0.29) is 76.4 Å². The van der Waals surface area contributed by atoms with Gasteiger partial charge in [0.15, 0.2) is 0 Å². The van der Waals surface area contributed by atoms with Gasteiger partial charge in [0, 0.05) is 32.9 Å². The highest BCUT2D eigenvalue weighted by molar-refractivity contribution is 5.84. The van der Waals surface area contributed by atoms with Gasteiger partial charge in [-0.1, -0.05) is 64.2 Å². The van der Waals surface area contributed by atoms with Gasteiger partial charge in [-0.25, -0.2) is 4.79 Å². The van der Waals surface area contributed by atoms with Crippen molar-refractivity contribution in [1.82, 2.24) is 16.0 Å². The first-order valence-corrected chi connectivity index (χ1v) is 14.6. The van der Waals surface area contributed by atoms with Gasteiger partial charge in [0.25, 0.3) is 0 Å². The Balaban J connectivity index is 3.71. The molecule has 5 N–H and O–H groups in total. The lowest BCUT2D eigenvalue weighted by Crippen LogP contribution is -2.41. The quantitative estimate of drug-likeness (QED) is 0.0879. The molecule has 0 aliphatic heterocycles. The fourth-order valence-corrected chi connectivity index (χ4v) is 3.94. The van der Waals surface area contributed by atoms with Crippen LogP contribution in [0.2, 0.25) is 0 Å². The Bertz CT molecular complexity index is 719. The highest BCUT2D eigenvalue weighted by Crippen LogP contribution is 2.13. The Labute approximate surface area is 238 Å². The monoisotopic (exact) mass is 573 g/mol. The van der Waals surface area contributed by atoms with E-state index in [1.165, 1.54) is 26.3 Å². The van der Waals surface area contributed by atoms with E-state index in [4.69, 9.17) is 14.6 Å². The summed E-state index contributed by atoms with van der Waals surface area (Å²) in [6.45, 7) is 1.00. The third kappa shape index (κ3) is 25.5. The summed E-state index contributed by atoms with van der Waals surface area (Å²) in [7, 11) is 1.52. The van der Waals surface area contributed by atoms with Crippen molar-refractivity contribution < 1.29 is 43.7 Å². The van der Waals surface area contributed by atoms with Crippen LogP contribution >= 0.6 is 0 Å². The van der Waals surface area contributed by atoms with Crippen molar-refractivity contribution in [2.24, 2.45) is 0 Å². The molecular formula is C28H51N3O9. The van der Waals surface area contributed by atoms with Crippen LogP contribution in [0.1, 0.15) is 103 Å². The molecule has 232 valence electrons. The topological polar surface area (TPSA) is 180 Å². The van der Waals surface area contributed by atoms with E-state index in [9.17, 15) is 29.1 Å². The van der Waals surface area contributed by atoms with Gasteiger partial charge in [-0.15, -0.1) is 0 Å². The number of aliphatic carboxylic acids is 2. The van der Waals surface area contributed by atoms with Crippen molar-refractivity contribution in [3.8, 4) is 0 Å². The Morgan fingerprint density at radius 1 is 0.625 bits per heavy atom. The van der Waals surface area contributed by atoms with Gasteiger partial charge in [0.05, 0.1) is 19.8 Å². The average Bonchev–Trinajstić information content (AvgIpc) is 2.91. The van der Waals surface area contributed by atoms with Gasteiger partial charge in [-0.05, 0) is 19.3 Å². The minimum absolute atomic E-state index is 0.00340. The van der Waals surface area contributed by atoms with Gasteiger partial charge in [-0.2, -0.15) is 0 Å². The number of nitrogens with one attached hydrogen (secondary N) is 3. The fraction of sp³-hybridized carbons (Fsp3) is 0.821. The van der Waals surface area contributed by atoms with Crippen LogP contribution in [0.5, 0.6) is 0 Å². The number of carbonyl (C=O) groups excluding carboxylic acids is 3. The van der Waals surface area contributed by atoms with Crippen LogP contribution < -0.4 is 16.0 Å². The van der Waals surface area contributed by atoms with E-state index in [0.29, 0.717) is 6.42 Å². The first kappa shape index (κ1) is 37.3. The van der Waals surface area contributed by atoms with Crippen LogP contribution in [0, 0.1) is 0 Å². The molecule has 0 aromatic rings. The van der Waals surface area contributed by atoms with Crippen LogP contribution in [0.4, 0.5) is 0 Å². The van der Waals surface area contributed by atoms with Crippen molar-refractivity contribution in [1.29, 1.82) is 0 Å². The zero-order chi connectivity index (χ0) is 29.8. The second kappa shape index (κ2) is 26.5. The molecule has 0 unspecified atom stereocenters. The van der Waals surface area contributed by atoms with Crippen LogP contribution in [0.25, 0.3) is 0 Å². The normalized spacial score (nSPS) is 11.5. The molecule has 0 saturated heterocycles. The van der Waals surface area contributed by atoms with E-state index in [1.807, 2.05) is 0 Å². The molecule has 0 bridgehead atoms. The zero-order valence-electron chi connectivity index (χ0n) is 24.2. The molecular weight excluding hydrogens is 522 g/mol. The molecule has 1 atom stereocenters. The number of hydrogen-bond donors (Lipinski definition) is 5. The van der Waals surface area contributed by atoms with Crippen molar-refractivity contribution in [3.63, 3.8) is 0 Å². The Morgan fingerprint density at radius 2 is 1.15 bits per heavy atom. The highest BCUT2D eigenvalue weighted by atomic mass is 16.5. The minimum Gasteiger partial charge on any atom is -0.481 e. The van der Waals surface area contributed by atoms with E-state index in [1.54, 1.807) is 0 Å². The van der Waals surface area contributed by atoms with Crippen molar-refractivity contribution >= 4 is 29.7 Å². The van der Waals surface area contributed by atoms with Gasteiger partial charge in [-0.3, -0.25) is 19.2 Å². The molecule has 12 nitrogen and oxygen atoms in total. The predicted molar refractivity (Wildman–Crippen MR) is 150 cm³/mol. The number of rotatable bonds is 28. The molecule has 0 saturated carbocycles. The summed E-state index contributed by atoms with van der Waals surface area (Å²) < 4.78 is 10.4. The summed E-state index contributed by atoms with van der Waals surface area (Å²) in [5.74, 6) is -2.75. The van der Waals surface area contributed by atoms with Crippen LogP contribution in [0.3, 0.4) is 0 Å². The molecule has 0 fully saturated rings. The first-order valence-electron chi connectivity index (χ1n) is 14.6. The summed E-state index contributed by atoms with van der Waals surface area (Å²) >= 11 is 0. The summed E-state index contributed by atoms with van der Waals surface area (Å²) in [6, 6.07) is -1.11. The standard InChI is InChI=1S/C28H51N3O9/c1-29-26(34)22-40-21-20-39-19-18-30-24(32)17-16-23(28(37)38)31-25(33)14-12-10-8-6-4-2-3-5-7-9-11-13-15-27(35)36/h23H,2-22H2,1H3,(H,29,34)(H,30,32)(H,31,33)(H,35,36)(H,37,38)/t23-/m0/s1. The van der Waals surface area contributed by atoms with Gasteiger partial charge in [0.2, 0.25) is 17.7 Å². The second-order valence-electron chi connectivity index (χ2n) is 9.82. The van der Waals surface area contributed by atoms with E-state index in [0.717, 1.165) is 51.4 Å². The molecule has 0 aromatic carbocycles. The number of ether oxygens (including phenoxy) is 2. The molecule has 3 amide bonds. The van der Waals surface area contributed by atoms with Crippen molar-refractivity contribution in [2.45, 2.75) is 109 Å². The van der Waals surface area contributed by atoms with Gasteiger partial charge >= 0.3 is 11.9 Å². The average molecular weight is 574 g/mol. The van der Waals surface area contributed by atoms with E-state index >= 15 is 0 Å². The minimum atomic E-state index is -1.17. The van der Waals surface area contributed by atoms with Crippen LogP contribution in [-0.4, -0.2) is 85.9 Å². The fourth-order valence-electron chi connectivity index (χ4n) is 3.94. The third-order valence-corrected chi connectivity index (χ3v) is 6.29. The molecule has 0 aliphatic rings. The number of carboxylic acid groups (broad SMARTS) is 2. The van der Waals surface area contributed by atoms with Crippen LogP contribution in [-0.2, 0) is 33.4 Å². The lowest BCUT2D eigenvalue weighted by atomic mass is 10.0. The molecule has 0 spiro atoms. The van der Waals surface area contributed by atoms with Crippen LogP contribution in [0.15, 0.2) is 0 Å². The summed E-state index contributed by atoms with van der Waals surface area (Å²) in [4.78, 5) is 57.1. The molecule has 0 heterocycles. The summed E-state index contributed by atoms with van der Waals surface area (Å²) in [5.41, 5.74) is 0. The largest absolute Gasteiger partial charge is 0.481 e. The third-order valence-electron chi connectivity index (χ3n) is 6.29. The molecule has 40 heavy (non-hydrogen) atoms. The maximum absolute atomic E-state index is 12.2. The predicted octanol–water partition coefficient (Wildman–Crippen LogP) is 2.78. The molecule has 0 rings (SSSR count). The molecule has 12 heteroatoms. The van der Waals surface area contributed by atoms with Gasteiger partial charge in [0.1, 0.15) is 12.6 Å². The number of carbonyl (C=O) groups is 5. The zero-order valence-corrected chi connectivity index (χ0v) is 24.2. The molecule has 0 radical (unpaired) electrons. The Kier molecular flexibility index (Phi) is 24.7. The lowest BCUT2D eigenvalue weighted by Gasteiger charge is -2.14. The highest BCUT2D eigenvalue weighted by Gasteiger charge is 2.20. The first-order chi connectivity index (χ1) is 19.3. The van der Waals surface area contributed by atoms with Crippen molar-refractivity contribution in [2.75, 3.05) is 40.0 Å². The smallest absolute Gasteiger partial charge is 0.326 e. The van der Waals surface area contributed by atoms with Crippen molar-refractivity contribution in [3.05, 3.63) is 0 Å². The SMILES string of the molecule is CNC(=O)COCCOCCNC(=O)CC[C@H](NC(=O)CCCCCCCCCCCCCCC(=O)O)C(=O)O. The lowest BCUT2D eigenvalue weighted by molar-refractivity contribution is -0.142.